The highest BCUT2D eigenvalue weighted by molar-refractivity contribution is 4.81. The molecule has 21 heavy (non-hydrogen) atoms. The van der Waals surface area contributed by atoms with Gasteiger partial charge in [0.25, 0.3) is 0 Å². The largest absolute Gasteiger partial charge is 0.316 e. The first-order valence-corrected chi connectivity index (χ1v) is 9.43. The van der Waals surface area contributed by atoms with E-state index in [1.54, 1.807) is 0 Å². The van der Waals surface area contributed by atoms with Crippen molar-refractivity contribution >= 4 is 0 Å². The number of hydrogen-bond acceptors (Lipinski definition) is 2. The van der Waals surface area contributed by atoms with E-state index in [0.29, 0.717) is 0 Å². The lowest BCUT2D eigenvalue weighted by Crippen LogP contribution is -2.29. The number of unbranched alkanes of at least 4 members (excludes halogenated alkanes) is 12. The van der Waals surface area contributed by atoms with Crippen molar-refractivity contribution < 1.29 is 0 Å². The molecule has 0 aliphatic heterocycles. The first-order valence-electron chi connectivity index (χ1n) is 9.43. The minimum atomic E-state index is -0.109. The van der Waals surface area contributed by atoms with Gasteiger partial charge in [-0.3, -0.25) is 0 Å². The van der Waals surface area contributed by atoms with Gasteiger partial charge in [-0.25, -0.2) is 0 Å². The maximum atomic E-state index is 5.52. The minimum Gasteiger partial charge on any atom is -0.316 e. The second-order valence-corrected chi connectivity index (χ2v) is 6.39. The van der Waals surface area contributed by atoms with Crippen LogP contribution < -0.4 is 11.5 Å². The van der Waals surface area contributed by atoms with Crippen molar-refractivity contribution in [1.82, 2.24) is 0 Å². The summed E-state index contributed by atoms with van der Waals surface area (Å²) in [5.74, 6) is 0. The quantitative estimate of drug-likeness (QED) is 0.219. The summed E-state index contributed by atoms with van der Waals surface area (Å²) < 4.78 is 0. The molecule has 0 radical (unpaired) electrons. The second kappa shape index (κ2) is 17.7. The van der Waals surface area contributed by atoms with Crippen LogP contribution in [0.15, 0.2) is 12.2 Å². The Morgan fingerprint density at radius 1 is 0.619 bits per heavy atom. The number of hydrogen-bond donors (Lipinski definition) is 2. The molecule has 0 aromatic heterocycles. The van der Waals surface area contributed by atoms with Crippen molar-refractivity contribution in [1.29, 1.82) is 0 Å². The van der Waals surface area contributed by atoms with Gasteiger partial charge in [0.15, 0.2) is 0 Å². The van der Waals surface area contributed by atoms with Gasteiger partial charge in [-0.15, -0.1) is 0 Å². The Morgan fingerprint density at radius 2 is 1.05 bits per heavy atom. The van der Waals surface area contributed by atoms with Crippen LogP contribution in [0.5, 0.6) is 0 Å². The summed E-state index contributed by atoms with van der Waals surface area (Å²) in [6.45, 7) is 2.28. The normalized spacial score (nSPS) is 11.8. The van der Waals surface area contributed by atoms with Crippen LogP contribution in [-0.4, -0.2) is 6.17 Å². The maximum absolute atomic E-state index is 5.52. The van der Waals surface area contributed by atoms with Crippen molar-refractivity contribution in [2.24, 2.45) is 11.5 Å². The molecular weight excluding hydrogens is 256 g/mol. The SMILES string of the molecule is CCCCCCCC/C=C\CCCCCCCCC(N)N. The van der Waals surface area contributed by atoms with Crippen molar-refractivity contribution in [3.63, 3.8) is 0 Å². The van der Waals surface area contributed by atoms with Gasteiger partial charge >= 0.3 is 0 Å². The molecule has 0 rings (SSSR count). The van der Waals surface area contributed by atoms with E-state index in [2.05, 4.69) is 19.1 Å². The molecule has 0 aliphatic rings. The van der Waals surface area contributed by atoms with Gasteiger partial charge in [0, 0.05) is 0 Å². The van der Waals surface area contributed by atoms with Crippen LogP contribution in [0.1, 0.15) is 103 Å². The highest BCUT2D eigenvalue weighted by Gasteiger charge is 1.94. The van der Waals surface area contributed by atoms with Crippen LogP contribution in [0.2, 0.25) is 0 Å². The Balaban J connectivity index is 3.05. The lowest BCUT2D eigenvalue weighted by atomic mass is 10.1. The molecule has 0 aromatic carbocycles. The lowest BCUT2D eigenvalue weighted by molar-refractivity contribution is 0.540. The Labute approximate surface area is 133 Å². The van der Waals surface area contributed by atoms with Crippen molar-refractivity contribution in [3.05, 3.63) is 12.2 Å². The molecule has 0 spiro atoms. The van der Waals surface area contributed by atoms with E-state index >= 15 is 0 Å². The van der Waals surface area contributed by atoms with E-state index < -0.39 is 0 Å². The summed E-state index contributed by atoms with van der Waals surface area (Å²) in [5, 5.41) is 0. The molecular formula is C19H40N2. The highest BCUT2D eigenvalue weighted by atomic mass is 14.8. The van der Waals surface area contributed by atoms with Crippen LogP contribution in [0.25, 0.3) is 0 Å². The van der Waals surface area contributed by atoms with Gasteiger partial charge in [-0.2, -0.15) is 0 Å². The third-order valence-corrected chi connectivity index (χ3v) is 4.05. The molecule has 0 saturated heterocycles. The Morgan fingerprint density at radius 3 is 1.52 bits per heavy atom. The second-order valence-electron chi connectivity index (χ2n) is 6.39. The smallest absolute Gasteiger partial charge is 0.0520 e. The van der Waals surface area contributed by atoms with Crippen LogP contribution in [0.3, 0.4) is 0 Å². The van der Waals surface area contributed by atoms with E-state index in [1.165, 1.54) is 89.9 Å². The molecule has 0 aliphatic carbocycles. The molecule has 0 unspecified atom stereocenters. The molecule has 0 saturated carbocycles. The first kappa shape index (κ1) is 20.7. The van der Waals surface area contributed by atoms with Crippen LogP contribution in [-0.2, 0) is 0 Å². The fourth-order valence-corrected chi connectivity index (χ4v) is 2.63. The van der Waals surface area contributed by atoms with E-state index in [1.807, 2.05) is 0 Å². The molecule has 2 heteroatoms. The Bertz CT molecular complexity index is 212. The summed E-state index contributed by atoms with van der Waals surface area (Å²) in [6.07, 6.45) is 24.5. The maximum Gasteiger partial charge on any atom is 0.0520 e. The Hall–Kier alpha value is -0.340. The standard InChI is InChI=1S/C19H40N2/c1-2-3-4-5-6-7-8-9-10-11-12-13-14-15-16-17-18-19(20)21/h9-10,19H,2-8,11-18,20-21H2,1H3/b10-9-. The predicted octanol–water partition coefficient (Wildman–Crippen LogP) is 5.66. The fourth-order valence-electron chi connectivity index (χ4n) is 2.63. The van der Waals surface area contributed by atoms with Crippen molar-refractivity contribution in [3.8, 4) is 0 Å². The number of allylic oxidation sites excluding steroid dienone is 2. The van der Waals surface area contributed by atoms with Crippen molar-refractivity contribution in [2.75, 3.05) is 0 Å². The van der Waals surface area contributed by atoms with Crippen LogP contribution in [0, 0.1) is 0 Å². The average molecular weight is 297 g/mol. The molecule has 0 fully saturated rings. The highest BCUT2D eigenvalue weighted by Crippen LogP contribution is 2.10. The zero-order valence-corrected chi connectivity index (χ0v) is 14.5. The molecule has 4 N–H and O–H groups in total. The predicted molar refractivity (Wildman–Crippen MR) is 96.2 cm³/mol. The van der Waals surface area contributed by atoms with Gasteiger partial charge in [-0.05, 0) is 32.1 Å². The molecule has 2 nitrogen and oxygen atoms in total. The van der Waals surface area contributed by atoms with Gasteiger partial charge in [0.1, 0.15) is 0 Å². The van der Waals surface area contributed by atoms with Gasteiger partial charge in [0.05, 0.1) is 6.17 Å². The third-order valence-electron chi connectivity index (χ3n) is 4.05. The molecule has 0 atom stereocenters. The van der Waals surface area contributed by atoms with Gasteiger partial charge < -0.3 is 11.5 Å². The Kier molecular flexibility index (Phi) is 17.4. The van der Waals surface area contributed by atoms with E-state index in [0.717, 1.165) is 6.42 Å². The average Bonchev–Trinajstić information content (AvgIpc) is 2.46. The first-order chi connectivity index (χ1) is 10.3. The summed E-state index contributed by atoms with van der Waals surface area (Å²) >= 11 is 0. The van der Waals surface area contributed by atoms with Crippen LogP contribution in [0.4, 0.5) is 0 Å². The monoisotopic (exact) mass is 296 g/mol. The zero-order valence-electron chi connectivity index (χ0n) is 14.5. The van der Waals surface area contributed by atoms with Gasteiger partial charge in [0.2, 0.25) is 0 Å². The topological polar surface area (TPSA) is 52.0 Å². The number of rotatable bonds is 16. The molecule has 0 amide bonds. The summed E-state index contributed by atoms with van der Waals surface area (Å²) in [4.78, 5) is 0. The summed E-state index contributed by atoms with van der Waals surface area (Å²) in [5.41, 5.74) is 11.0. The summed E-state index contributed by atoms with van der Waals surface area (Å²) in [7, 11) is 0. The third kappa shape index (κ3) is 19.7. The molecule has 126 valence electrons. The number of nitrogens with two attached hydrogens (primary N) is 2. The lowest BCUT2D eigenvalue weighted by Gasteiger charge is -2.04. The van der Waals surface area contributed by atoms with E-state index in [9.17, 15) is 0 Å². The minimum absolute atomic E-state index is 0.109. The van der Waals surface area contributed by atoms with Crippen LogP contribution >= 0.6 is 0 Å². The molecule has 0 bridgehead atoms. The van der Waals surface area contributed by atoms with E-state index in [4.69, 9.17) is 11.5 Å². The molecule has 0 aromatic rings. The summed E-state index contributed by atoms with van der Waals surface area (Å²) in [6, 6.07) is 0. The van der Waals surface area contributed by atoms with E-state index in [-0.39, 0.29) is 6.17 Å². The molecule has 0 heterocycles. The van der Waals surface area contributed by atoms with Gasteiger partial charge in [-0.1, -0.05) is 83.3 Å². The van der Waals surface area contributed by atoms with Crippen molar-refractivity contribution in [2.45, 2.75) is 109 Å². The zero-order chi connectivity index (χ0) is 15.6. The fraction of sp³-hybridized carbons (Fsp3) is 0.895.